The Morgan fingerprint density at radius 1 is 1.07 bits per heavy atom. The summed E-state index contributed by atoms with van der Waals surface area (Å²) >= 11 is 0. The van der Waals surface area contributed by atoms with Gasteiger partial charge in [-0.05, 0) is 59.7 Å². The van der Waals surface area contributed by atoms with Crippen molar-refractivity contribution in [2.24, 2.45) is 0 Å². The molecule has 0 aromatic heterocycles. The molecule has 0 aliphatic heterocycles. The van der Waals surface area contributed by atoms with Crippen LogP contribution in [0.4, 0.5) is 0 Å². The molecule has 0 fully saturated rings. The number of allylic oxidation sites excluding steroid dienone is 1. The summed E-state index contributed by atoms with van der Waals surface area (Å²) in [7, 11) is 0. The SMILES string of the molecule is C=CCCCNCCCNC(C)(C)C. The van der Waals surface area contributed by atoms with E-state index in [1.54, 1.807) is 0 Å². The maximum absolute atomic E-state index is 3.70. The standard InChI is InChI=1S/C12H26N2/c1-5-6-7-9-13-10-8-11-14-12(2,3)4/h5,13-14H,1,6-11H2,2-4H3. The van der Waals surface area contributed by atoms with Gasteiger partial charge in [-0.1, -0.05) is 6.08 Å². The summed E-state index contributed by atoms with van der Waals surface area (Å²) in [5, 5.41) is 6.89. The number of unbranched alkanes of at least 4 members (excludes halogenated alkanes) is 1. The molecule has 0 amide bonds. The Bertz CT molecular complexity index is 136. The van der Waals surface area contributed by atoms with Gasteiger partial charge in [0.05, 0.1) is 0 Å². The van der Waals surface area contributed by atoms with Crippen molar-refractivity contribution < 1.29 is 0 Å². The molecule has 2 N–H and O–H groups in total. The fraction of sp³-hybridized carbons (Fsp3) is 0.833. The molecule has 0 heterocycles. The van der Waals surface area contributed by atoms with Gasteiger partial charge in [0.25, 0.3) is 0 Å². The van der Waals surface area contributed by atoms with Crippen molar-refractivity contribution in [2.45, 2.75) is 45.6 Å². The normalized spacial score (nSPS) is 11.6. The van der Waals surface area contributed by atoms with E-state index in [1.165, 1.54) is 12.8 Å². The van der Waals surface area contributed by atoms with Crippen LogP contribution < -0.4 is 10.6 Å². The quantitative estimate of drug-likeness (QED) is 0.462. The van der Waals surface area contributed by atoms with Crippen molar-refractivity contribution in [2.75, 3.05) is 19.6 Å². The van der Waals surface area contributed by atoms with Crippen LogP contribution in [-0.4, -0.2) is 25.2 Å². The molecule has 0 saturated heterocycles. The molecule has 2 nitrogen and oxygen atoms in total. The van der Waals surface area contributed by atoms with Gasteiger partial charge in [0, 0.05) is 5.54 Å². The number of hydrogen-bond donors (Lipinski definition) is 2. The molecular formula is C12H26N2. The van der Waals surface area contributed by atoms with Gasteiger partial charge in [-0.25, -0.2) is 0 Å². The first-order valence-corrected chi connectivity index (χ1v) is 5.63. The maximum atomic E-state index is 3.70. The van der Waals surface area contributed by atoms with Gasteiger partial charge in [-0.2, -0.15) is 0 Å². The lowest BCUT2D eigenvalue weighted by Gasteiger charge is -2.20. The van der Waals surface area contributed by atoms with Crippen LogP contribution in [0.1, 0.15) is 40.0 Å². The lowest BCUT2D eigenvalue weighted by atomic mass is 10.1. The molecule has 0 atom stereocenters. The molecule has 0 spiro atoms. The maximum Gasteiger partial charge on any atom is 0.00965 e. The fourth-order valence-electron chi connectivity index (χ4n) is 1.17. The van der Waals surface area contributed by atoms with Crippen LogP contribution in [0.25, 0.3) is 0 Å². The molecule has 0 bridgehead atoms. The van der Waals surface area contributed by atoms with Crippen molar-refractivity contribution >= 4 is 0 Å². The van der Waals surface area contributed by atoms with E-state index in [1.807, 2.05) is 6.08 Å². The second kappa shape index (κ2) is 8.01. The summed E-state index contributed by atoms with van der Waals surface area (Å²) in [6.45, 7) is 13.6. The highest BCUT2D eigenvalue weighted by Crippen LogP contribution is 1.97. The number of hydrogen-bond acceptors (Lipinski definition) is 2. The van der Waals surface area contributed by atoms with E-state index in [-0.39, 0.29) is 5.54 Å². The summed E-state index contributed by atoms with van der Waals surface area (Å²) in [5.74, 6) is 0. The third kappa shape index (κ3) is 11.7. The Morgan fingerprint density at radius 3 is 2.29 bits per heavy atom. The van der Waals surface area contributed by atoms with Gasteiger partial charge in [0.15, 0.2) is 0 Å². The largest absolute Gasteiger partial charge is 0.317 e. The lowest BCUT2D eigenvalue weighted by Crippen LogP contribution is -2.37. The van der Waals surface area contributed by atoms with Gasteiger partial charge >= 0.3 is 0 Å². The van der Waals surface area contributed by atoms with Gasteiger partial charge in [0.1, 0.15) is 0 Å². The molecule has 0 rings (SSSR count). The zero-order valence-corrected chi connectivity index (χ0v) is 10.0. The van der Waals surface area contributed by atoms with Gasteiger partial charge in [0.2, 0.25) is 0 Å². The van der Waals surface area contributed by atoms with Crippen molar-refractivity contribution in [3.05, 3.63) is 12.7 Å². The highest BCUT2D eigenvalue weighted by Gasteiger charge is 2.06. The van der Waals surface area contributed by atoms with E-state index in [0.717, 1.165) is 26.1 Å². The minimum absolute atomic E-state index is 0.253. The van der Waals surface area contributed by atoms with Crippen molar-refractivity contribution in [1.82, 2.24) is 10.6 Å². The van der Waals surface area contributed by atoms with Crippen molar-refractivity contribution in [1.29, 1.82) is 0 Å². The average molecular weight is 198 g/mol. The third-order valence-corrected chi connectivity index (χ3v) is 1.95. The van der Waals surface area contributed by atoms with E-state index in [4.69, 9.17) is 0 Å². The summed E-state index contributed by atoms with van der Waals surface area (Å²) in [6.07, 6.45) is 5.50. The molecule has 0 saturated carbocycles. The van der Waals surface area contributed by atoms with E-state index < -0.39 is 0 Å². The fourth-order valence-corrected chi connectivity index (χ4v) is 1.17. The summed E-state index contributed by atoms with van der Waals surface area (Å²) in [5.41, 5.74) is 0.253. The van der Waals surface area contributed by atoms with Crippen LogP contribution in [0.15, 0.2) is 12.7 Å². The Balaban J connectivity index is 3.03. The van der Waals surface area contributed by atoms with Crippen LogP contribution in [0, 0.1) is 0 Å². The smallest absolute Gasteiger partial charge is 0.00965 e. The average Bonchev–Trinajstić information content (AvgIpc) is 2.08. The molecule has 84 valence electrons. The first-order chi connectivity index (χ1) is 6.56. The third-order valence-electron chi connectivity index (χ3n) is 1.95. The number of nitrogens with one attached hydrogen (secondary N) is 2. The van der Waals surface area contributed by atoms with E-state index in [0.29, 0.717) is 0 Å². The topological polar surface area (TPSA) is 24.1 Å². The molecule has 0 aliphatic rings. The Kier molecular flexibility index (Phi) is 7.81. The predicted molar refractivity (Wildman–Crippen MR) is 64.7 cm³/mol. The van der Waals surface area contributed by atoms with Gasteiger partial charge in [-0.15, -0.1) is 6.58 Å². The molecule has 0 aromatic carbocycles. The van der Waals surface area contributed by atoms with Crippen LogP contribution >= 0.6 is 0 Å². The van der Waals surface area contributed by atoms with Gasteiger partial charge in [-0.3, -0.25) is 0 Å². The van der Waals surface area contributed by atoms with Crippen LogP contribution in [-0.2, 0) is 0 Å². The molecule has 14 heavy (non-hydrogen) atoms. The summed E-state index contributed by atoms with van der Waals surface area (Å²) < 4.78 is 0. The number of rotatable bonds is 8. The Labute approximate surface area is 89.2 Å². The Morgan fingerprint density at radius 2 is 1.71 bits per heavy atom. The second-order valence-electron chi connectivity index (χ2n) is 4.71. The zero-order valence-electron chi connectivity index (χ0n) is 10.0. The minimum atomic E-state index is 0.253. The van der Waals surface area contributed by atoms with Crippen molar-refractivity contribution in [3.8, 4) is 0 Å². The zero-order chi connectivity index (χ0) is 10.9. The van der Waals surface area contributed by atoms with Crippen molar-refractivity contribution in [3.63, 3.8) is 0 Å². The van der Waals surface area contributed by atoms with E-state index >= 15 is 0 Å². The van der Waals surface area contributed by atoms with E-state index in [2.05, 4.69) is 38.0 Å². The van der Waals surface area contributed by atoms with Crippen LogP contribution in [0.5, 0.6) is 0 Å². The second-order valence-corrected chi connectivity index (χ2v) is 4.71. The molecular weight excluding hydrogens is 172 g/mol. The first kappa shape index (κ1) is 13.7. The molecule has 2 heteroatoms. The predicted octanol–water partition coefficient (Wildman–Crippen LogP) is 2.32. The van der Waals surface area contributed by atoms with Gasteiger partial charge < -0.3 is 10.6 Å². The lowest BCUT2D eigenvalue weighted by molar-refractivity contribution is 0.418. The Hall–Kier alpha value is -0.340. The van der Waals surface area contributed by atoms with Crippen LogP contribution in [0.2, 0.25) is 0 Å². The molecule has 0 unspecified atom stereocenters. The first-order valence-electron chi connectivity index (χ1n) is 5.63. The summed E-state index contributed by atoms with van der Waals surface area (Å²) in [6, 6.07) is 0. The monoisotopic (exact) mass is 198 g/mol. The minimum Gasteiger partial charge on any atom is -0.317 e. The molecule has 0 aliphatic carbocycles. The van der Waals surface area contributed by atoms with E-state index in [9.17, 15) is 0 Å². The highest BCUT2D eigenvalue weighted by atomic mass is 14.9. The van der Waals surface area contributed by atoms with Crippen LogP contribution in [0.3, 0.4) is 0 Å². The summed E-state index contributed by atoms with van der Waals surface area (Å²) in [4.78, 5) is 0. The molecule has 0 aromatic rings. The highest BCUT2D eigenvalue weighted by molar-refractivity contribution is 4.70. The molecule has 0 radical (unpaired) electrons.